The van der Waals surface area contributed by atoms with Gasteiger partial charge in [0.05, 0.1) is 18.3 Å². The summed E-state index contributed by atoms with van der Waals surface area (Å²) in [6.07, 6.45) is 6.15. The summed E-state index contributed by atoms with van der Waals surface area (Å²) in [6.45, 7) is 2.16. The van der Waals surface area contributed by atoms with E-state index in [0.29, 0.717) is 17.7 Å². The number of aryl methyl sites for hydroxylation is 1. The van der Waals surface area contributed by atoms with Gasteiger partial charge in [-0.15, -0.1) is 10.2 Å². The van der Waals surface area contributed by atoms with Crippen LogP contribution in [0.25, 0.3) is 33.4 Å². The average Bonchev–Trinajstić information content (AvgIpc) is 3.59. The predicted octanol–water partition coefficient (Wildman–Crippen LogP) is 4.79. The Kier molecular flexibility index (Phi) is 4.98. The molecule has 0 saturated heterocycles. The fraction of sp³-hybridized carbons (Fsp3) is 0.280. The van der Waals surface area contributed by atoms with Crippen molar-refractivity contribution in [3.8, 4) is 34.3 Å². The number of nitrogens with zero attached hydrogens (tertiary/aromatic N) is 5. The van der Waals surface area contributed by atoms with Crippen molar-refractivity contribution in [2.75, 3.05) is 12.4 Å². The lowest BCUT2D eigenvalue weighted by atomic mass is 10.00. The van der Waals surface area contributed by atoms with E-state index in [9.17, 15) is 5.26 Å². The van der Waals surface area contributed by atoms with Crippen LogP contribution in [0.5, 0.6) is 5.75 Å². The molecular formula is C25H24N6O. The molecule has 1 fully saturated rings. The normalized spacial score (nSPS) is 14.2. The Bertz CT molecular complexity index is 1350. The van der Waals surface area contributed by atoms with Gasteiger partial charge in [-0.1, -0.05) is 12.1 Å². The van der Waals surface area contributed by atoms with E-state index in [0.717, 1.165) is 44.9 Å². The maximum atomic E-state index is 9.55. The van der Waals surface area contributed by atoms with Crippen LogP contribution in [0.1, 0.15) is 25.5 Å². The molecule has 0 amide bonds. The van der Waals surface area contributed by atoms with Crippen molar-refractivity contribution >= 4 is 16.6 Å². The average molecular weight is 425 g/mol. The van der Waals surface area contributed by atoms with Crippen molar-refractivity contribution < 1.29 is 4.74 Å². The van der Waals surface area contributed by atoms with Crippen LogP contribution in [0.15, 0.2) is 48.8 Å². The Morgan fingerprint density at radius 1 is 1.16 bits per heavy atom. The zero-order valence-corrected chi connectivity index (χ0v) is 18.3. The number of anilines is 1. The van der Waals surface area contributed by atoms with E-state index in [-0.39, 0.29) is 0 Å². The number of methoxy groups -OCH3 is 1. The third-order valence-corrected chi connectivity index (χ3v) is 6.16. The second-order valence-electron chi connectivity index (χ2n) is 8.31. The highest BCUT2D eigenvalue weighted by Crippen LogP contribution is 2.38. The number of ether oxygens (including phenoxy) is 1. The van der Waals surface area contributed by atoms with Gasteiger partial charge in [-0.2, -0.15) is 5.26 Å². The molecule has 4 aromatic rings. The molecule has 160 valence electrons. The molecule has 2 heterocycles. The van der Waals surface area contributed by atoms with Crippen molar-refractivity contribution in [2.24, 2.45) is 13.0 Å². The van der Waals surface area contributed by atoms with Crippen LogP contribution in [0.3, 0.4) is 0 Å². The first-order valence-corrected chi connectivity index (χ1v) is 10.7. The topological polar surface area (TPSA) is 88.6 Å². The Hall–Kier alpha value is -3.92. The number of nitriles is 1. The van der Waals surface area contributed by atoms with Gasteiger partial charge >= 0.3 is 0 Å². The van der Waals surface area contributed by atoms with Gasteiger partial charge < -0.3 is 14.6 Å². The predicted molar refractivity (Wildman–Crippen MR) is 124 cm³/mol. The summed E-state index contributed by atoms with van der Waals surface area (Å²) >= 11 is 0. The van der Waals surface area contributed by atoms with Crippen molar-refractivity contribution in [1.82, 2.24) is 19.7 Å². The zero-order valence-electron chi connectivity index (χ0n) is 18.3. The molecule has 7 nitrogen and oxygen atoms in total. The maximum Gasteiger partial charge on any atom is 0.186 e. The second kappa shape index (κ2) is 7.97. The first kappa shape index (κ1) is 20.0. The summed E-state index contributed by atoms with van der Waals surface area (Å²) in [5, 5.41) is 22.5. The summed E-state index contributed by atoms with van der Waals surface area (Å²) in [5.74, 6) is 2.29. The van der Waals surface area contributed by atoms with Gasteiger partial charge in [-0.05, 0) is 55.5 Å². The Morgan fingerprint density at radius 3 is 2.66 bits per heavy atom. The monoisotopic (exact) mass is 424 g/mol. The molecule has 0 unspecified atom stereocenters. The van der Waals surface area contributed by atoms with Crippen molar-refractivity contribution in [3.05, 3.63) is 54.5 Å². The molecule has 2 aromatic carbocycles. The van der Waals surface area contributed by atoms with Crippen molar-refractivity contribution in [3.63, 3.8) is 0 Å². The van der Waals surface area contributed by atoms with E-state index in [2.05, 4.69) is 33.5 Å². The highest BCUT2D eigenvalue weighted by molar-refractivity contribution is 5.96. The SMILES string of the molecule is COc1cc(-c2nccn2C)ccc1-c1ccc2c(N[C@H](C)C3CC3)c(C#N)nnc2c1. The highest BCUT2D eigenvalue weighted by Gasteiger charge is 2.29. The van der Waals surface area contributed by atoms with Crippen molar-refractivity contribution in [2.45, 2.75) is 25.8 Å². The van der Waals surface area contributed by atoms with E-state index in [1.165, 1.54) is 12.8 Å². The van der Waals surface area contributed by atoms with Crippen LogP contribution in [0.2, 0.25) is 0 Å². The quantitative estimate of drug-likeness (QED) is 0.479. The Morgan fingerprint density at radius 2 is 1.97 bits per heavy atom. The van der Waals surface area contributed by atoms with Crippen LogP contribution in [-0.4, -0.2) is 32.9 Å². The molecular weight excluding hydrogens is 400 g/mol. The summed E-state index contributed by atoms with van der Waals surface area (Å²) in [4.78, 5) is 4.43. The lowest BCUT2D eigenvalue weighted by molar-refractivity contribution is 0.416. The van der Waals surface area contributed by atoms with Crippen LogP contribution < -0.4 is 10.1 Å². The molecule has 2 aromatic heterocycles. The largest absolute Gasteiger partial charge is 0.496 e. The van der Waals surface area contributed by atoms with E-state index >= 15 is 0 Å². The van der Waals surface area contributed by atoms with Gasteiger partial charge in [-0.25, -0.2) is 4.98 Å². The maximum absolute atomic E-state index is 9.55. The molecule has 0 bridgehead atoms. The number of hydrogen-bond donors (Lipinski definition) is 1. The molecule has 1 saturated carbocycles. The molecule has 0 radical (unpaired) electrons. The minimum absolute atomic E-state index is 0.299. The third kappa shape index (κ3) is 3.54. The zero-order chi connectivity index (χ0) is 22.2. The molecule has 0 aliphatic heterocycles. The number of imidazole rings is 1. The van der Waals surface area contributed by atoms with Gasteiger partial charge in [0.25, 0.3) is 0 Å². The summed E-state index contributed by atoms with van der Waals surface area (Å²) in [7, 11) is 3.64. The lowest BCUT2D eigenvalue weighted by Crippen LogP contribution is -2.19. The fourth-order valence-corrected chi connectivity index (χ4v) is 4.15. The molecule has 0 spiro atoms. The van der Waals surface area contributed by atoms with Gasteiger partial charge in [0.15, 0.2) is 5.69 Å². The second-order valence-corrected chi connectivity index (χ2v) is 8.31. The van der Waals surface area contributed by atoms with E-state index in [4.69, 9.17) is 4.74 Å². The van der Waals surface area contributed by atoms with Gasteiger partial charge in [-0.3, -0.25) is 0 Å². The minimum atomic E-state index is 0.299. The highest BCUT2D eigenvalue weighted by atomic mass is 16.5. The van der Waals surface area contributed by atoms with Gasteiger partial charge in [0.2, 0.25) is 0 Å². The van der Waals surface area contributed by atoms with Crippen molar-refractivity contribution in [1.29, 1.82) is 5.26 Å². The third-order valence-electron chi connectivity index (χ3n) is 6.16. The summed E-state index contributed by atoms with van der Waals surface area (Å²) in [5.41, 5.74) is 4.75. The molecule has 32 heavy (non-hydrogen) atoms. The number of rotatable bonds is 6. The van der Waals surface area contributed by atoms with E-state index in [1.807, 2.05) is 54.2 Å². The van der Waals surface area contributed by atoms with Crippen LogP contribution in [0, 0.1) is 17.2 Å². The molecule has 1 aliphatic carbocycles. The van der Waals surface area contributed by atoms with Crippen LogP contribution >= 0.6 is 0 Å². The first-order valence-electron chi connectivity index (χ1n) is 10.7. The summed E-state index contributed by atoms with van der Waals surface area (Å²) < 4.78 is 7.68. The number of hydrogen-bond acceptors (Lipinski definition) is 6. The lowest BCUT2D eigenvalue weighted by Gasteiger charge is -2.17. The number of aromatic nitrogens is 4. The molecule has 5 rings (SSSR count). The molecule has 7 heteroatoms. The number of fused-ring (bicyclic) bond motifs is 1. The number of benzene rings is 2. The smallest absolute Gasteiger partial charge is 0.186 e. The Labute approximate surface area is 186 Å². The van der Waals surface area contributed by atoms with E-state index < -0.39 is 0 Å². The van der Waals surface area contributed by atoms with E-state index in [1.54, 1.807) is 13.3 Å². The molecule has 1 atom stereocenters. The van der Waals surface area contributed by atoms with Crippen LogP contribution in [0.4, 0.5) is 5.69 Å². The molecule has 1 aliphatic rings. The fourth-order valence-electron chi connectivity index (χ4n) is 4.15. The number of nitrogens with one attached hydrogen (secondary N) is 1. The summed E-state index contributed by atoms with van der Waals surface area (Å²) in [6, 6.07) is 14.6. The van der Waals surface area contributed by atoms with Gasteiger partial charge in [0, 0.05) is 42.0 Å². The standard InChI is InChI=1S/C25H24N6O/c1-15(16-4-5-16)28-24-20-9-6-17(12-21(20)29-30-22(24)14-26)19-8-7-18(13-23(19)32-3)25-27-10-11-31(25)2/h6-13,15-16H,4-5H2,1-3H3,(H,28,29)/t15-/m1/s1. The van der Waals surface area contributed by atoms with Gasteiger partial charge in [0.1, 0.15) is 17.6 Å². The molecule has 1 N–H and O–H groups in total. The first-order chi connectivity index (χ1) is 15.6. The Balaban J connectivity index is 1.56. The van der Waals surface area contributed by atoms with Crippen LogP contribution in [-0.2, 0) is 7.05 Å². The minimum Gasteiger partial charge on any atom is -0.496 e.